The van der Waals surface area contributed by atoms with Crippen LogP contribution in [-0.2, 0) is 4.74 Å². The highest BCUT2D eigenvalue weighted by Gasteiger charge is 2.34. The SMILES string of the molecule is CNc1cc(C(=O)N(CCOC)C(C)C2CC2)cc(Cl)n1. The van der Waals surface area contributed by atoms with Crippen LogP contribution < -0.4 is 5.32 Å². The fourth-order valence-corrected chi connectivity index (χ4v) is 2.64. The number of nitrogens with zero attached hydrogens (tertiary/aromatic N) is 2. The molecule has 1 aliphatic carbocycles. The van der Waals surface area contributed by atoms with Crippen molar-refractivity contribution in [2.24, 2.45) is 5.92 Å². The summed E-state index contributed by atoms with van der Waals surface area (Å²) in [6, 6.07) is 3.57. The quantitative estimate of drug-likeness (QED) is 0.787. The molecule has 1 aromatic rings. The van der Waals surface area contributed by atoms with Gasteiger partial charge < -0.3 is 15.0 Å². The molecule has 0 radical (unpaired) electrons. The molecule has 1 aliphatic rings. The number of carbonyl (C=O) groups is 1. The Bertz CT molecular complexity index is 506. The number of rotatable bonds is 7. The van der Waals surface area contributed by atoms with Gasteiger partial charge in [-0.1, -0.05) is 11.6 Å². The van der Waals surface area contributed by atoms with Gasteiger partial charge in [0.1, 0.15) is 11.0 Å². The van der Waals surface area contributed by atoms with E-state index in [1.807, 2.05) is 4.90 Å². The molecule has 2 rings (SSSR count). The Morgan fingerprint density at radius 3 is 2.86 bits per heavy atom. The minimum Gasteiger partial charge on any atom is -0.383 e. The molecule has 21 heavy (non-hydrogen) atoms. The number of hydrogen-bond acceptors (Lipinski definition) is 4. The van der Waals surface area contributed by atoms with Crippen molar-refractivity contribution in [1.82, 2.24) is 9.88 Å². The molecule has 1 unspecified atom stereocenters. The lowest BCUT2D eigenvalue weighted by Crippen LogP contribution is -2.42. The third-order valence-electron chi connectivity index (χ3n) is 3.89. The number of amides is 1. The van der Waals surface area contributed by atoms with E-state index in [-0.39, 0.29) is 11.9 Å². The molecule has 116 valence electrons. The van der Waals surface area contributed by atoms with Gasteiger partial charge in [0.25, 0.3) is 5.91 Å². The lowest BCUT2D eigenvalue weighted by atomic mass is 10.1. The van der Waals surface area contributed by atoms with E-state index < -0.39 is 0 Å². The Kier molecular flexibility index (Phi) is 5.42. The molecule has 0 saturated heterocycles. The smallest absolute Gasteiger partial charge is 0.254 e. The zero-order valence-corrected chi connectivity index (χ0v) is 13.5. The summed E-state index contributed by atoms with van der Waals surface area (Å²) in [6.07, 6.45) is 2.38. The van der Waals surface area contributed by atoms with Crippen LogP contribution in [0, 0.1) is 5.92 Å². The third-order valence-corrected chi connectivity index (χ3v) is 4.08. The molecule has 1 fully saturated rings. The van der Waals surface area contributed by atoms with Crippen molar-refractivity contribution in [3.05, 3.63) is 22.8 Å². The summed E-state index contributed by atoms with van der Waals surface area (Å²) in [6.45, 7) is 3.22. The molecule has 1 N–H and O–H groups in total. The second-order valence-electron chi connectivity index (χ2n) is 5.38. The van der Waals surface area contributed by atoms with Crippen LogP contribution in [0.2, 0.25) is 5.15 Å². The first-order valence-corrected chi connectivity index (χ1v) is 7.60. The molecule has 0 aromatic carbocycles. The molecule has 1 aromatic heterocycles. The number of anilines is 1. The van der Waals surface area contributed by atoms with Crippen LogP contribution in [0.4, 0.5) is 5.82 Å². The zero-order chi connectivity index (χ0) is 15.4. The van der Waals surface area contributed by atoms with Gasteiger partial charge in [0.2, 0.25) is 0 Å². The van der Waals surface area contributed by atoms with E-state index in [0.717, 1.165) is 0 Å². The van der Waals surface area contributed by atoms with Crippen molar-refractivity contribution in [3.8, 4) is 0 Å². The first kappa shape index (κ1) is 16.0. The molecule has 1 heterocycles. The van der Waals surface area contributed by atoms with Crippen molar-refractivity contribution in [3.63, 3.8) is 0 Å². The first-order valence-electron chi connectivity index (χ1n) is 7.22. The van der Waals surface area contributed by atoms with Crippen molar-refractivity contribution in [2.45, 2.75) is 25.8 Å². The van der Waals surface area contributed by atoms with Crippen LogP contribution in [0.1, 0.15) is 30.1 Å². The fourth-order valence-electron chi connectivity index (χ4n) is 2.43. The summed E-state index contributed by atoms with van der Waals surface area (Å²) in [5, 5.41) is 3.23. The molecular formula is C15H22ClN3O2. The molecule has 5 nitrogen and oxygen atoms in total. The number of pyridine rings is 1. The number of nitrogens with one attached hydrogen (secondary N) is 1. The summed E-state index contributed by atoms with van der Waals surface area (Å²) in [5.74, 6) is 1.18. The summed E-state index contributed by atoms with van der Waals surface area (Å²) < 4.78 is 5.13. The van der Waals surface area contributed by atoms with E-state index in [1.165, 1.54) is 12.8 Å². The highest BCUT2D eigenvalue weighted by Crippen LogP contribution is 2.35. The fraction of sp³-hybridized carbons (Fsp3) is 0.600. The van der Waals surface area contributed by atoms with Crippen molar-refractivity contribution in [1.29, 1.82) is 0 Å². The van der Waals surface area contributed by atoms with Gasteiger partial charge >= 0.3 is 0 Å². The van der Waals surface area contributed by atoms with E-state index in [1.54, 1.807) is 26.3 Å². The largest absolute Gasteiger partial charge is 0.383 e. The predicted octanol–water partition coefficient (Wildman–Crippen LogP) is 2.66. The highest BCUT2D eigenvalue weighted by atomic mass is 35.5. The molecule has 0 bridgehead atoms. The van der Waals surface area contributed by atoms with Gasteiger partial charge in [-0.15, -0.1) is 0 Å². The van der Waals surface area contributed by atoms with Crippen LogP contribution in [0.3, 0.4) is 0 Å². The van der Waals surface area contributed by atoms with Crippen LogP contribution in [0.15, 0.2) is 12.1 Å². The van der Waals surface area contributed by atoms with Gasteiger partial charge in [0.15, 0.2) is 0 Å². The van der Waals surface area contributed by atoms with E-state index in [0.29, 0.717) is 35.6 Å². The molecule has 1 amide bonds. The number of halogens is 1. The zero-order valence-electron chi connectivity index (χ0n) is 12.7. The summed E-state index contributed by atoms with van der Waals surface area (Å²) >= 11 is 5.99. The lowest BCUT2D eigenvalue weighted by Gasteiger charge is -2.29. The normalized spacial score (nSPS) is 15.6. The maximum absolute atomic E-state index is 12.8. The van der Waals surface area contributed by atoms with Crippen molar-refractivity contribution < 1.29 is 9.53 Å². The van der Waals surface area contributed by atoms with Crippen LogP contribution in [0.25, 0.3) is 0 Å². The minimum absolute atomic E-state index is 0.0211. The Balaban J connectivity index is 2.21. The first-order chi connectivity index (χ1) is 10.1. The monoisotopic (exact) mass is 311 g/mol. The Morgan fingerprint density at radius 1 is 1.57 bits per heavy atom. The standard InChI is InChI=1S/C15H22ClN3O2/c1-10(11-4-5-11)19(6-7-21-3)15(20)12-8-13(16)18-14(9-12)17-2/h8-11H,4-7H2,1-3H3,(H,17,18). The van der Waals surface area contributed by atoms with Gasteiger partial charge in [-0.3, -0.25) is 4.79 Å². The van der Waals surface area contributed by atoms with E-state index in [2.05, 4.69) is 17.2 Å². The molecule has 6 heteroatoms. The van der Waals surface area contributed by atoms with Gasteiger partial charge in [0, 0.05) is 32.3 Å². The number of aromatic nitrogens is 1. The van der Waals surface area contributed by atoms with E-state index >= 15 is 0 Å². The Labute approximate surface area is 130 Å². The number of ether oxygens (including phenoxy) is 1. The maximum Gasteiger partial charge on any atom is 0.254 e. The molecule has 1 saturated carbocycles. The summed E-state index contributed by atoms with van der Waals surface area (Å²) in [5.41, 5.74) is 0.558. The average molecular weight is 312 g/mol. The average Bonchev–Trinajstić information content (AvgIpc) is 3.31. The minimum atomic E-state index is -0.0211. The molecule has 0 aliphatic heterocycles. The predicted molar refractivity (Wildman–Crippen MR) is 83.9 cm³/mol. The van der Waals surface area contributed by atoms with Gasteiger partial charge in [-0.05, 0) is 37.8 Å². The van der Waals surface area contributed by atoms with Crippen LogP contribution in [-0.4, -0.2) is 49.1 Å². The summed E-state index contributed by atoms with van der Waals surface area (Å²) in [4.78, 5) is 18.8. The lowest BCUT2D eigenvalue weighted by molar-refractivity contribution is 0.0594. The molecule has 0 spiro atoms. The topological polar surface area (TPSA) is 54.5 Å². The number of carbonyl (C=O) groups excluding carboxylic acids is 1. The van der Waals surface area contributed by atoms with E-state index in [9.17, 15) is 4.79 Å². The van der Waals surface area contributed by atoms with Gasteiger partial charge in [0.05, 0.1) is 6.61 Å². The number of hydrogen-bond donors (Lipinski definition) is 1. The second-order valence-corrected chi connectivity index (χ2v) is 5.77. The van der Waals surface area contributed by atoms with Crippen molar-refractivity contribution >= 4 is 23.3 Å². The third kappa shape index (κ3) is 4.08. The van der Waals surface area contributed by atoms with E-state index in [4.69, 9.17) is 16.3 Å². The summed E-state index contributed by atoms with van der Waals surface area (Å²) in [7, 11) is 3.40. The van der Waals surface area contributed by atoms with Gasteiger partial charge in [-0.25, -0.2) is 4.98 Å². The van der Waals surface area contributed by atoms with Crippen molar-refractivity contribution in [2.75, 3.05) is 32.6 Å². The Hall–Kier alpha value is -1.33. The molecule has 1 atom stereocenters. The van der Waals surface area contributed by atoms with Gasteiger partial charge in [-0.2, -0.15) is 0 Å². The highest BCUT2D eigenvalue weighted by molar-refractivity contribution is 6.29. The molecular weight excluding hydrogens is 290 g/mol. The Morgan fingerprint density at radius 2 is 2.29 bits per heavy atom. The van der Waals surface area contributed by atoms with Crippen LogP contribution >= 0.6 is 11.6 Å². The maximum atomic E-state index is 12.8. The van der Waals surface area contributed by atoms with Crippen LogP contribution in [0.5, 0.6) is 0 Å². The number of methoxy groups -OCH3 is 1. The second kappa shape index (κ2) is 7.09.